The van der Waals surface area contributed by atoms with Crippen LogP contribution in [0, 0.1) is 13.8 Å². The van der Waals surface area contributed by atoms with Crippen LogP contribution in [0.5, 0.6) is 0 Å². The van der Waals surface area contributed by atoms with E-state index in [2.05, 4.69) is 20.3 Å². The minimum absolute atomic E-state index is 0.0892. The number of hydrogen-bond donors (Lipinski definition) is 1. The van der Waals surface area contributed by atoms with Crippen molar-refractivity contribution >= 4 is 28.6 Å². The molecule has 0 saturated carbocycles. The highest BCUT2D eigenvalue weighted by atomic mass is 32.1. The van der Waals surface area contributed by atoms with E-state index < -0.39 is 0 Å². The van der Waals surface area contributed by atoms with Gasteiger partial charge >= 0.3 is 0 Å². The van der Waals surface area contributed by atoms with Crippen molar-refractivity contribution in [1.29, 1.82) is 0 Å². The Morgan fingerprint density at radius 2 is 2.09 bits per heavy atom. The minimum atomic E-state index is -0.179. The summed E-state index contributed by atoms with van der Waals surface area (Å²) in [5.41, 5.74) is 2.16. The normalized spacial score (nSPS) is 12.1. The Hall–Kier alpha value is -2.12. The van der Waals surface area contributed by atoms with Crippen LogP contribution in [-0.4, -0.2) is 20.9 Å². The summed E-state index contributed by atoms with van der Waals surface area (Å²) in [6.45, 7) is 5.89. The molecule has 0 radical (unpaired) electrons. The molecule has 5 nitrogen and oxygen atoms in total. The largest absolute Gasteiger partial charge is 0.343 e. The third kappa shape index (κ3) is 3.46. The summed E-state index contributed by atoms with van der Waals surface area (Å²) in [5.74, 6) is -0.179. The Labute approximate surface area is 142 Å². The van der Waals surface area contributed by atoms with Crippen LogP contribution in [0.15, 0.2) is 29.8 Å². The number of aromatic nitrogens is 3. The molecule has 0 fully saturated rings. The molecule has 0 bridgehead atoms. The molecule has 0 aliphatic rings. The van der Waals surface area contributed by atoms with Gasteiger partial charge in [-0.2, -0.15) is 0 Å². The lowest BCUT2D eigenvalue weighted by atomic mass is 10.2. The maximum atomic E-state index is 12.4. The maximum absolute atomic E-state index is 12.4. The van der Waals surface area contributed by atoms with E-state index in [-0.39, 0.29) is 11.9 Å². The monoisotopic (exact) mass is 344 g/mol. The van der Waals surface area contributed by atoms with Crippen molar-refractivity contribution in [2.75, 3.05) is 0 Å². The maximum Gasteiger partial charge on any atom is 0.271 e. The van der Waals surface area contributed by atoms with Crippen molar-refractivity contribution in [2.45, 2.75) is 26.8 Å². The van der Waals surface area contributed by atoms with Crippen LogP contribution in [0.3, 0.4) is 0 Å². The average Bonchev–Trinajstić information content (AvgIpc) is 3.15. The SMILES string of the molecule is Cc1nc(C)c([C@@H](C)NC(=O)c2csc(-c3ccccn3)n2)s1. The van der Waals surface area contributed by atoms with Gasteiger partial charge in [-0.15, -0.1) is 22.7 Å². The van der Waals surface area contributed by atoms with Crippen LogP contribution < -0.4 is 5.32 Å². The predicted molar refractivity (Wildman–Crippen MR) is 92.8 cm³/mol. The number of thiazole rings is 2. The van der Waals surface area contributed by atoms with E-state index in [0.29, 0.717) is 5.69 Å². The molecule has 3 rings (SSSR count). The fraction of sp³-hybridized carbons (Fsp3) is 0.250. The first kappa shape index (κ1) is 15.8. The zero-order chi connectivity index (χ0) is 16.4. The van der Waals surface area contributed by atoms with Crippen molar-refractivity contribution in [2.24, 2.45) is 0 Å². The van der Waals surface area contributed by atoms with E-state index in [4.69, 9.17) is 0 Å². The second kappa shape index (κ2) is 6.55. The molecule has 0 saturated heterocycles. The summed E-state index contributed by atoms with van der Waals surface area (Å²) in [6, 6.07) is 5.55. The van der Waals surface area contributed by atoms with Crippen LogP contribution in [0.4, 0.5) is 0 Å². The van der Waals surface area contributed by atoms with E-state index in [9.17, 15) is 4.79 Å². The highest BCUT2D eigenvalue weighted by Gasteiger charge is 2.18. The molecule has 0 aromatic carbocycles. The number of carbonyl (C=O) groups is 1. The molecule has 1 amide bonds. The van der Waals surface area contributed by atoms with Gasteiger partial charge < -0.3 is 5.32 Å². The minimum Gasteiger partial charge on any atom is -0.343 e. The van der Waals surface area contributed by atoms with E-state index in [1.807, 2.05) is 39.0 Å². The summed E-state index contributed by atoms with van der Waals surface area (Å²) >= 11 is 3.03. The quantitative estimate of drug-likeness (QED) is 0.782. The van der Waals surface area contributed by atoms with Gasteiger partial charge in [0.1, 0.15) is 10.7 Å². The molecule has 0 aliphatic carbocycles. The molecule has 0 spiro atoms. The Bertz CT molecular complexity index is 826. The molecule has 1 atom stereocenters. The number of hydrogen-bond acceptors (Lipinski definition) is 6. The molecule has 3 heterocycles. The first-order chi connectivity index (χ1) is 11.0. The van der Waals surface area contributed by atoms with Gasteiger partial charge in [0.2, 0.25) is 0 Å². The summed E-state index contributed by atoms with van der Waals surface area (Å²) in [5, 5.41) is 6.50. The molecule has 0 aliphatic heterocycles. The zero-order valence-corrected chi connectivity index (χ0v) is 14.7. The standard InChI is InChI=1S/C16H16N4OS2/c1-9-14(23-11(3)18-9)10(2)19-15(21)13-8-22-16(20-13)12-6-4-5-7-17-12/h4-8,10H,1-3H3,(H,19,21)/t10-/m1/s1. The van der Waals surface area contributed by atoms with Crippen molar-refractivity contribution in [1.82, 2.24) is 20.3 Å². The summed E-state index contributed by atoms with van der Waals surface area (Å²) in [7, 11) is 0. The first-order valence-electron chi connectivity index (χ1n) is 7.16. The van der Waals surface area contributed by atoms with Crippen LogP contribution >= 0.6 is 22.7 Å². The Kier molecular flexibility index (Phi) is 4.49. The van der Waals surface area contributed by atoms with E-state index >= 15 is 0 Å². The van der Waals surface area contributed by atoms with E-state index in [1.54, 1.807) is 22.9 Å². The summed E-state index contributed by atoms with van der Waals surface area (Å²) in [4.78, 5) is 26.5. The molecule has 1 N–H and O–H groups in total. The number of nitrogens with one attached hydrogen (secondary N) is 1. The summed E-state index contributed by atoms with van der Waals surface area (Å²) in [6.07, 6.45) is 1.72. The number of pyridine rings is 1. The van der Waals surface area contributed by atoms with Crippen molar-refractivity contribution < 1.29 is 4.79 Å². The lowest BCUT2D eigenvalue weighted by Crippen LogP contribution is -2.26. The van der Waals surface area contributed by atoms with Crippen LogP contribution in [0.1, 0.15) is 39.0 Å². The Morgan fingerprint density at radius 3 is 2.74 bits per heavy atom. The van der Waals surface area contributed by atoms with E-state index in [1.165, 1.54) is 11.3 Å². The number of amides is 1. The van der Waals surface area contributed by atoms with Crippen LogP contribution in [0.2, 0.25) is 0 Å². The zero-order valence-electron chi connectivity index (χ0n) is 13.0. The van der Waals surface area contributed by atoms with Gasteiger partial charge in [-0.05, 0) is 32.9 Å². The molecule has 7 heteroatoms. The van der Waals surface area contributed by atoms with Crippen LogP contribution in [-0.2, 0) is 0 Å². The highest BCUT2D eigenvalue weighted by Crippen LogP contribution is 2.25. The molecule has 118 valence electrons. The topological polar surface area (TPSA) is 67.8 Å². The first-order valence-corrected chi connectivity index (χ1v) is 8.86. The van der Waals surface area contributed by atoms with Crippen molar-refractivity contribution in [3.63, 3.8) is 0 Å². The molecule has 0 unspecified atom stereocenters. The number of aryl methyl sites for hydroxylation is 2. The molecule has 3 aromatic heterocycles. The van der Waals surface area contributed by atoms with E-state index in [0.717, 1.165) is 26.3 Å². The summed E-state index contributed by atoms with van der Waals surface area (Å²) < 4.78 is 0. The van der Waals surface area contributed by atoms with Crippen molar-refractivity contribution in [3.8, 4) is 10.7 Å². The van der Waals surface area contributed by atoms with Gasteiger partial charge in [0.15, 0.2) is 0 Å². The van der Waals surface area contributed by atoms with Gasteiger partial charge in [-0.25, -0.2) is 9.97 Å². The van der Waals surface area contributed by atoms with Gasteiger partial charge in [0.25, 0.3) is 5.91 Å². The van der Waals surface area contributed by atoms with Gasteiger partial charge in [-0.1, -0.05) is 6.07 Å². The molecular formula is C16H16N4OS2. The van der Waals surface area contributed by atoms with Crippen molar-refractivity contribution in [3.05, 3.63) is 51.0 Å². The lowest BCUT2D eigenvalue weighted by molar-refractivity contribution is 0.0936. The lowest BCUT2D eigenvalue weighted by Gasteiger charge is -2.11. The van der Waals surface area contributed by atoms with Gasteiger partial charge in [-0.3, -0.25) is 9.78 Å². The second-order valence-electron chi connectivity index (χ2n) is 5.13. The smallest absolute Gasteiger partial charge is 0.271 e. The van der Waals surface area contributed by atoms with Crippen LogP contribution in [0.25, 0.3) is 10.7 Å². The Morgan fingerprint density at radius 1 is 1.26 bits per heavy atom. The Balaban J connectivity index is 1.74. The number of carbonyl (C=O) groups excluding carboxylic acids is 1. The highest BCUT2D eigenvalue weighted by molar-refractivity contribution is 7.13. The fourth-order valence-electron chi connectivity index (χ4n) is 2.27. The molecular weight excluding hydrogens is 328 g/mol. The fourth-order valence-corrected chi connectivity index (χ4v) is 3.98. The second-order valence-corrected chi connectivity index (χ2v) is 7.22. The third-order valence-corrected chi connectivity index (χ3v) is 5.42. The van der Waals surface area contributed by atoms with Gasteiger partial charge in [0, 0.05) is 16.5 Å². The predicted octanol–water partition coefficient (Wildman–Crippen LogP) is 3.77. The molecule has 23 heavy (non-hydrogen) atoms. The number of nitrogens with zero attached hydrogens (tertiary/aromatic N) is 3. The third-order valence-electron chi connectivity index (χ3n) is 3.30. The average molecular weight is 344 g/mol. The number of rotatable bonds is 4. The molecule has 3 aromatic rings. The van der Waals surface area contributed by atoms with Gasteiger partial charge in [0.05, 0.1) is 22.4 Å².